The minimum atomic E-state index is -0.925. The number of ether oxygens (including phenoxy) is 1. The lowest BCUT2D eigenvalue weighted by Gasteiger charge is -2.35. The lowest BCUT2D eigenvalue weighted by Crippen LogP contribution is -2.46. The maximum atomic E-state index is 12.1. The van der Waals surface area contributed by atoms with Crippen LogP contribution in [-0.2, 0) is 20.7 Å². The van der Waals surface area contributed by atoms with E-state index in [4.69, 9.17) is 4.74 Å². The standard InChI is InChI=1S/C18H25NO4/c1-13-5-3-4-6-15(13)11-16(20)19-12-18(22)9-7-14(8-10-18)17(21)23-2/h3-6,14,22H,7-12H2,1-2H3,(H,19,20). The molecule has 2 rings (SSSR count). The van der Waals surface area contributed by atoms with Crippen molar-refractivity contribution in [3.05, 3.63) is 35.4 Å². The molecule has 1 aliphatic carbocycles. The minimum Gasteiger partial charge on any atom is -0.469 e. The van der Waals surface area contributed by atoms with Crippen molar-refractivity contribution >= 4 is 11.9 Å². The third-order valence-corrected chi connectivity index (χ3v) is 4.68. The van der Waals surface area contributed by atoms with Gasteiger partial charge >= 0.3 is 5.97 Å². The zero-order chi connectivity index (χ0) is 16.9. The first-order valence-corrected chi connectivity index (χ1v) is 8.05. The van der Waals surface area contributed by atoms with Gasteiger partial charge in [0.1, 0.15) is 0 Å². The van der Waals surface area contributed by atoms with E-state index in [2.05, 4.69) is 5.32 Å². The van der Waals surface area contributed by atoms with Crippen LogP contribution in [0.1, 0.15) is 36.8 Å². The number of carbonyl (C=O) groups excluding carboxylic acids is 2. The first-order valence-electron chi connectivity index (χ1n) is 8.05. The molecule has 1 amide bonds. The first-order chi connectivity index (χ1) is 10.9. The Labute approximate surface area is 137 Å². The summed E-state index contributed by atoms with van der Waals surface area (Å²) >= 11 is 0. The number of carbonyl (C=O) groups is 2. The average molecular weight is 319 g/mol. The molecule has 5 nitrogen and oxygen atoms in total. The first kappa shape index (κ1) is 17.5. The lowest BCUT2D eigenvalue weighted by atomic mass is 9.78. The Bertz CT molecular complexity index is 562. The summed E-state index contributed by atoms with van der Waals surface area (Å²) in [6, 6.07) is 7.77. The van der Waals surface area contributed by atoms with Crippen molar-refractivity contribution in [1.82, 2.24) is 5.32 Å². The maximum absolute atomic E-state index is 12.1. The van der Waals surface area contributed by atoms with Gasteiger partial charge in [0.15, 0.2) is 0 Å². The molecule has 2 N–H and O–H groups in total. The Hall–Kier alpha value is -1.88. The van der Waals surface area contributed by atoms with Gasteiger partial charge in [-0.1, -0.05) is 24.3 Å². The Morgan fingerprint density at radius 2 is 1.96 bits per heavy atom. The third-order valence-electron chi connectivity index (χ3n) is 4.68. The predicted molar refractivity (Wildman–Crippen MR) is 86.8 cm³/mol. The smallest absolute Gasteiger partial charge is 0.308 e. The van der Waals surface area contributed by atoms with Crippen LogP contribution >= 0.6 is 0 Å². The van der Waals surface area contributed by atoms with Crippen molar-refractivity contribution in [3.63, 3.8) is 0 Å². The van der Waals surface area contributed by atoms with Crippen LogP contribution in [0.25, 0.3) is 0 Å². The Balaban J connectivity index is 1.80. The van der Waals surface area contributed by atoms with Gasteiger partial charge in [-0.3, -0.25) is 9.59 Å². The van der Waals surface area contributed by atoms with Crippen LogP contribution in [0.3, 0.4) is 0 Å². The molecule has 0 saturated heterocycles. The summed E-state index contributed by atoms with van der Waals surface area (Å²) in [5, 5.41) is 13.4. The fraction of sp³-hybridized carbons (Fsp3) is 0.556. The van der Waals surface area contributed by atoms with E-state index in [1.807, 2.05) is 31.2 Å². The lowest BCUT2D eigenvalue weighted by molar-refractivity contribution is -0.148. The summed E-state index contributed by atoms with van der Waals surface area (Å²) in [5.41, 5.74) is 1.15. The number of aliphatic hydroxyl groups is 1. The highest BCUT2D eigenvalue weighted by Crippen LogP contribution is 2.32. The molecule has 0 spiro atoms. The van der Waals surface area contributed by atoms with Crippen molar-refractivity contribution in [2.45, 2.75) is 44.6 Å². The van der Waals surface area contributed by atoms with E-state index in [1.165, 1.54) is 7.11 Å². The fourth-order valence-electron chi connectivity index (χ4n) is 3.04. The topological polar surface area (TPSA) is 75.6 Å². The molecule has 0 unspecified atom stereocenters. The van der Waals surface area contributed by atoms with Gasteiger partial charge in [-0.05, 0) is 43.7 Å². The highest BCUT2D eigenvalue weighted by Gasteiger charge is 2.36. The van der Waals surface area contributed by atoms with Crippen LogP contribution in [0.15, 0.2) is 24.3 Å². The number of rotatable bonds is 5. The minimum absolute atomic E-state index is 0.0946. The molecular weight excluding hydrogens is 294 g/mol. The van der Waals surface area contributed by atoms with E-state index in [-0.39, 0.29) is 24.3 Å². The van der Waals surface area contributed by atoms with Crippen LogP contribution in [0.5, 0.6) is 0 Å². The number of nitrogens with one attached hydrogen (secondary N) is 1. The fourth-order valence-corrected chi connectivity index (χ4v) is 3.04. The molecule has 1 saturated carbocycles. The van der Waals surface area contributed by atoms with Gasteiger partial charge in [0.05, 0.1) is 25.0 Å². The second-order valence-corrected chi connectivity index (χ2v) is 6.40. The van der Waals surface area contributed by atoms with E-state index in [1.54, 1.807) is 0 Å². The molecule has 0 atom stereocenters. The second-order valence-electron chi connectivity index (χ2n) is 6.40. The van der Waals surface area contributed by atoms with E-state index in [0.717, 1.165) is 11.1 Å². The molecule has 0 aliphatic heterocycles. The van der Waals surface area contributed by atoms with Crippen molar-refractivity contribution in [1.29, 1.82) is 0 Å². The van der Waals surface area contributed by atoms with Gasteiger partial charge < -0.3 is 15.2 Å². The van der Waals surface area contributed by atoms with E-state index >= 15 is 0 Å². The molecule has 23 heavy (non-hydrogen) atoms. The van der Waals surface area contributed by atoms with Crippen molar-refractivity contribution in [3.8, 4) is 0 Å². The SMILES string of the molecule is COC(=O)C1CCC(O)(CNC(=O)Cc2ccccc2C)CC1. The molecule has 1 fully saturated rings. The summed E-state index contributed by atoms with van der Waals surface area (Å²) < 4.78 is 4.74. The number of hydrogen-bond acceptors (Lipinski definition) is 4. The van der Waals surface area contributed by atoms with Gasteiger partial charge in [0.25, 0.3) is 0 Å². The predicted octanol–water partition coefficient (Wildman–Crippen LogP) is 1.75. The maximum Gasteiger partial charge on any atom is 0.308 e. The van der Waals surface area contributed by atoms with Crippen LogP contribution in [0, 0.1) is 12.8 Å². The van der Waals surface area contributed by atoms with Crippen molar-refractivity contribution in [2.24, 2.45) is 5.92 Å². The molecule has 0 bridgehead atoms. The van der Waals surface area contributed by atoms with Crippen molar-refractivity contribution in [2.75, 3.05) is 13.7 Å². The van der Waals surface area contributed by atoms with Gasteiger partial charge in [-0.25, -0.2) is 0 Å². The largest absolute Gasteiger partial charge is 0.469 e. The monoisotopic (exact) mass is 319 g/mol. The molecule has 0 heterocycles. The number of aryl methyl sites for hydroxylation is 1. The quantitative estimate of drug-likeness (QED) is 0.811. The highest BCUT2D eigenvalue weighted by atomic mass is 16.5. The highest BCUT2D eigenvalue weighted by molar-refractivity contribution is 5.79. The Morgan fingerprint density at radius 1 is 1.30 bits per heavy atom. The van der Waals surface area contributed by atoms with Crippen molar-refractivity contribution < 1.29 is 19.4 Å². The van der Waals surface area contributed by atoms with Crippen LogP contribution in [0.4, 0.5) is 0 Å². The number of hydrogen-bond donors (Lipinski definition) is 2. The molecule has 1 aromatic rings. The Morgan fingerprint density at radius 3 is 2.57 bits per heavy atom. The number of esters is 1. The zero-order valence-electron chi connectivity index (χ0n) is 13.8. The molecule has 126 valence electrons. The Kier molecular flexibility index (Phi) is 5.77. The number of amides is 1. The van der Waals surface area contributed by atoms with Gasteiger partial charge in [-0.2, -0.15) is 0 Å². The third kappa shape index (κ3) is 4.79. The zero-order valence-corrected chi connectivity index (χ0v) is 13.8. The average Bonchev–Trinajstić information content (AvgIpc) is 2.55. The summed E-state index contributed by atoms with van der Waals surface area (Å²) in [7, 11) is 1.38. The number of methoxy groups -OCH3 is 1. The van der Waals surface area contributed by atoms with Crippen LogP contribution < -0.4 is 5.32 Å². The van der Waals surface area contributed by atoms with E-state index in [9.17, 15) is 14.7 Å². The van der Waals surface area contributed by atoms with Gasteiger partial charge in [0.2, 0.25) is 5.91 Å². The van der Waals surface area contributed by atoms with E-state index < -0.39 is 5.60 Å². The molecule has 0 aromatic heterocycles. The van der Waals surface area contributed by atoms with Gasteiger partial charge in [-0.15, -0.1) is 0 Å². The summed E-state index contributed by atoms with van der Waals surface area (Å²) in [6.45, 7) is 2.20. The molecule has 1 aliphatic rings. The molecule has 0 radical (unpaired) electrons. The summed E-state index contributed by atoms with van der Waals surface area (Å²) in [4.78, 5) is 23.6. The van der Waals surface area contributed by atoms with E-state index in [0.29, 0.717) is 32.1 Å². The van der Waals surface area contributed by atoms with Crippen LogP contribution in [0.2, 0.25) is 0 Å². The van der Waals surface area contributed by atoms with Gasteiger partial charge in [0, 0.05) is 6.54 Å². The summed E-state index contributed by atoms with van der Waals surface area (Å²) in [6.07, 6.45) is 2.50. The number of benzene rings is 1. The molecule has 5 heteroatoms. The summed E-state index contributed by atoms with van der Waals surface area (Å²) in [5.74, 6) is -0.443. The molecular formula is C18H25NO4. The normalized spacial score (nSPS) is 24.0. The van der Waals surface area contributed by atoms with Crippen LogP contribution in [-0.4, -0.2) is 36.2 Å². The molecule has 1 aromatic carbocycles. The second kappa shape index (κ2) is 7.59.